The maximum Gasteiger partial charge on any atom is 0.229 e. The maximum atomic E-state index is 5.94. The highest BCUT2D eigenvalue weighted by Crippen LogP contribution is 2.36. The van der Waals surface area contributed by atoms with Crippen molar-refractivity contribution in [2.75, 3.05) is 6.61 Å². The zero-order valence-electron chi connectivity index (χ0n) is 13.1. The third-order valence-electron chi connectivity index (χ3n) is 3.93. The van der Waals surface area contributed by atoms with Crippen molar-refractivity contribution in [1.82, 2.24) is 10.1 Å². The Balaban J connectivity index is 2.10. The van der Waals surface area contributed by atoms with Crippen LogP contribution < -0.4 is 5.73 Å². The fourth-order valence-corrected chi connectivity index (χ4v) is 2.76. The van der Waals surface area contributed by atoms with E-state index in [4.69, 9.17) is 15.0 Å². The van der Waals surface area contributed by atoms with Gasteiger partial charge in [0.1, 0.15) is 6.10 Å². The Morgan fingerprint density at radius 3 is 2.50 bits per heavy atom. The van der Waals surface area contributed by atoms with Gasteiger partial charge in [-0.15, -0.1) is 0 Å². The normalized spacial score (nSPS) is 25.6. The van der Waals surface area contributed by atoms with Crippen molar-refractivity contribution in [2.24, 2.45) is 11.1 Å². The molecule has 0 bridgehead atoms. The monoisotopic (exact) mass is 281 g/mol. The fourth-order valence-electron chi connectivity index (χ4n) is 2.76. The van der Waals surface area contributed by atoms with E-state index in [9.17, 15) is 0 Å². The third kappa shape index (κ3) is 3.58. The topological polar surface area (TPSA) is 74.2 Å². The molecule has 1 aliphatic rings. The Hall–Kier alpha value is -0.940. The second-order valence-corrected chi connectivity index (χ2v) is 6.80. The summed E-state index contributed by atoms with van der Waals surface area (Å²) in [6, 6.07) is 0.333. The Kier molecular flexibility index (Phi) is 4.81. The summed E-state index contributed by atoms with van der Waals surface area (Å²) in [5, 5.41) is 4.15. The van der Waals surface area contributed by atoms with E-state index in [0.29, 0.717) is 24.4 Å². The van der Waals surface area contributed by atoms with Gasteiger partial charge in [-0.3, -0.25) is 0 Å². The zero-order chi connectivity index (χ0) is 14.8. The Labute approximate surface area is 121 Å². The number of ether oxygens (including phenoxy) is 1. The van der Waals surface area contributed by atoms with Gasteiger partial charge in [0.25, 0.3) is 0 Å². The zero-order valence-corrected chi connectivity index (χ0v) is 13.1. The molecule has 1 aromatic rings. The largest absolute Gasteiger partial charge is 0.370 e. The van der Waals surface area contributed by atoms with Crippen molar-refractivity contribution in [1.29, 1.82) is 0 Å². The summed E-state index contributed by atoms with van der Waals surface area (Å²) in [5.74, 6) is 1.78. The lowest BCUT2D eigenvalue weighted by Gasteiger charge is -2.27. The maximum absolute atomic E-state index is 5.94. The number of rotatable bonds is 4. The van der Waals surface area contributed by atoms with Gasteiger partial charge in [-0.1, -0.05) is 25.9 Å². The molecule has 20 heavy (non-hydrogen) atoms. The van der Waals surface area contributed by atoms with E-state index in [-0.39, 0.29) is 11.5 Å². The van der Waals surface area contributed by atoms with Gasteiger partial charge in [0.05, 0.1) is 0 Å². The summed E-state index contributed by atoms with van der Waals surface area (Å²) >= 11 is 0. The van der Waals surface area contributed by atoms with Crippen LogP contribution in [0, 0.1) is 5.41 Å². The second kappa shape index (κ2) is 6.22. The molecule has 5 heteroatoms. The number of aromatic nitrogens is 2. The molecule has 1 fully saturated rings. The Bertz CT molecular complexity index is 417. The lowest BCUT2D eigenvalue weighted by molar-refractivity contribution is -0.0203. The molecule has 114 valence electrons. The van der Waals surface area contributed by atoms with Crippen LogP contribution in [-0.2, 0) is 4.74 Å². The summed E-state index contributed by atoms with van der Waals surface area (Å²) in [4.78, 5) is 4.60. The van der Waals surface area contributed by atoms with E-state index in [0.717, 1.165) is 31.6 Å². The molecule has 0 radical (unpaired) electrons. The predicted octanol–water partition coefficient (Wildman–Crippen LogP) is 3.18. The van der Waals surface area contributed by atoms with Crippen LogP contribution in [0.2, 0.25) is 0 Å². The van der Waals surface area contributed by atoms with Crippen LogP contribution in [0.1, 0.15) is 77.1 Å². The van der Waals surface area contributed by atoms with Gasteiger partial charge in [-0.2, -0.15) is 4.98 Å². The highest BCUT2D eigenvalue weighted by Gasteiger charge is 2.33. The smallest absolute Gasteiger partial charge is 0.229 e. The van der Waals surface area contributed by atoms with Crippen LogP contribution in [-0.4, -0.2) is 22.8 Å². The van der Waals surface area contributed by atoms with Crippen LogP contribution >= 0.6 is 0 Å². The van der Waals surface area contributed by atoms with Gasteiger partial charge < -0.3 is 15.0 Å². The summed E-state index contributed by atoms with van der Waals surface area (Å²) in [5.41, 5.74) is 5.89. The molecular weight excluding hydrogens is 254 g/mol. The number of nitrogens with zero attached hydrogens (tertiary/aromatic N) is 2. The van der Waals surface area contributed by atoms with E-state index in [2.05, 4.69) is 30.9 Å². The minimum Gasteiger partial charge on any atom is -0.370 e. The van der Waals surface area contributed by atoms with E-state index in [1.807, 2.05) is 6.92 Å². The van der Waals surface area contributed by atoms with Crippen LogP contribution in [0.5, 0.6) is 0 Å². The van der Waals surface area contributed by atoms with Crippen LogP contribution in [0.15, 0.2) is 4.52 Å². The molecule has 0 amide bonds. The summed E-state index contributed by atoms with van der Waals surface area (Å²) in [6.45, 7) is 9.02. The highest BCUT2D eigenvalue weighted by molar-refractivity contribution is 5.01. The van der Waals surface area contributed by atoms with Crippen LogP contribution in [0.25, 0.3) is 0 Å². The molecule has 0 spiro atoms. The van der Waals surface area contributed by atoms with Gasteiger partial charge in [-0.05, 0) is 38.0 Å². The molecule has 0 saturated heterocycles. The number of nitrogens with two attached hydrogens (primary N) is 1. The average Bonchev–Trinajstić information content (AvgIpc) is 2.84. The molecular formula is C15H27N3O2. The van der Waals surface area contributed by atoms with Gasteiger partial charge in [0.15, 0.2) is 0 Å². The third-order valence-corrected chi connectivity index (χ3v) is 3.93. The molecule has 2 N–H and O–H groups in total. The second-order valence-electron chi connectivity index (χ2n) is 6.80. The van der Waals surface area contributed by atoms with Gasteiger partial charge in [0, 0.05) is 18.6 Å². The molecule has 0 aromatic carbocycles. The van der Waals surface area contributed by atoms with Crippen molar-refractivity contribution in [3.63, 3.8) is 0 Å². The van der Waals surface area contributed by atoms with Crippen molar-refractivity contribution in [2.45, 2.75) is 71.4 Å². The summed E-state index contributed by atoms with van der Waals surface area (Å²) < 4.78 is 11.3. The fraction of sp³-hybridized carbons (Fsp3) is 0.867. The molecule has 1 aromatic heterocycles. The molecule has 1 atom stereocenters. The molecule has 2 rings (SSSR count). The Morgan fingerprint density at radius 2 is 1.95 bits per heavy atom. The number of hydrogen-bond donors (Lipinski definition) is 1. The quantitative estimate of drug-likeness (QED) is 0.917. The van der Waals surface area contributed by atoms with Crippen molar-refractivity contribution in [3.05, 3.63) is 11.7 Å². The van der Waals surface area contributed by atoms with Crippen LogP contribution in [0.3, 0.4) is 0 Å². The van der Waals surface area contributed by atoms with E-state index in [1.165, 1.54) is 0 Å². The SMILES string of the molecule is CCOC(c1noc(C2CCC(N)CC2)n1)C(C)(C)C. The Morgan fingerprint density at radius 1 is 1.30 bits per heavy atom. The van der Waals surface area contributed by atoms with Gasteiger partial charge in [0.2, 0.25) is 11.7 Å². The predicted molar refractivity (Wildman–Crippen MR) is 77.3 cm³/mol. The molecule has 1 saturated carbocycles. The first-order chi connectivity index (χ1) is 9.41. The minimum absolute atomic E-state index is 0.0495. The molecule has 1 unspecified atom stereocenters. The first-order valence-corrected chi connectivity index (χ1v) is 7.62. The van der Waals surface area contributed by atoms with E-state index in [1.54, 1.807) is 0 Å². The summed E-state index contributed by atoms with van der Waals surface area (Å²) in [7, 11) is 0. The van der Waals surface area contributed by atoms with Gasteiger partial charge >= 0.3 is 0 Å². The standard InChI is InChI=1S/C15H27N3O2/c1-5-19-12(15(2,3)4)13-17-14(20-18-13)10-6-8-11(16)9-7-10/h10-12H,5-9,16H2,1-4H3. The molecule has 1 aliphatic carbocycles. The highest BCUT2D eigenvalue weighted by atomic mass is 16.5. The van der Waals surface area contributed by atoms with Crippen LogP contribution in [0.4, 0.5) is 0 Å². The minimum atomic E-state index is -0.129. The molecule has 1 heterocycles. The first kappa shape index (κ1) is 15.4. The van der Waals surface area contributed by atoms with E-state index >= 15 is 0 Å². The van der Waals surface area contributed by atoms with Crippen molar-refractivity contribution < 1.29 is 9.26 Å². The van der Waals surface area contributed by atoms with Gasteiger partial charge in [-0.25, -0.2) is 0 Å². The first-order valence-electron chi connectivity index (χ1n) is 7.62. The molecule has 5 nitrogen and oxygen atoms in total. The lowest BCUT2D eigenvalue weighted by atomic mass is 9.86. The lowest BCUT2D eigenvalue weighted by Crippen LogP contribution is -2.26. The van der Waals surface area contributed by atoms with Crippen molar-refractivity contribution in [3.8, 4) is 0 Å². The number of hydrogen-bond acceptors (Lipinski definition) is 5. The van der Waals surface area contributed by atoms with E-state index < -0.39 is 0 Å². The summed E-state index contributed by atoms with van der Waals surface area (Å²) in [6.07, 6.45) is 4.03. The average molecular weight is 281 g/mol. The molecule has 0 aliphatic heterocycles. The van der Waals surface area contributed by atoms with Crippen molar-refractivity contribution >= 4 is 0 Å².